The first-order valence-corrected chi connectivity index (χ1v) is 4.31. The summed E-state index contributed by atoms with van der Waals surface area (Å²) in [7, 11) is 1.90. The summed E-state index contributed by atoms with van der Waals surface area (Å²) < 4.78 is 0. The van der Waals surface area contributed by atoms with E-state index >= 15 is 0 Å². The Morgan fingerprint density at radius 1 is 1.43 bits per heavy atom. The first-order chi connectivity index (χ1) is 6.78. The van der Waals surface area contributed by atoms with Gasteiger partial charge in [-0.25, -0.2) is 0 Å². The number of hydrogen-bond acceptors (Lipinski definition) is 3. The molecule has 1 aromatic rings. The molecule has 3 nitrogen and oxygen atoms in total. The first-order valence-electron chi connectivity index (χ1n) is 4.31. The van der Waals surface area contributed by atoms with Crippen LogP contribution in [0.4, 0.5) is 5.69 Å². The molecule has 0 heterocycles. The summed E-state index contributed by atoms with van der Waals surface area (Å²) in [5, 5.41) is 3.04. The second kappa shape index (κ2) is 8.01. The van der Waals surface area contributed by atoms with E-state index in [0.29, 0.717) is 12.8 Å². The Morgan fingerprint density at radius 3 is 2.21 bits per heavy atom. The van der Waals surface area contributed by atoms with Crippen LogP contribution in [0.3, 0.4) is 0 Å². The quantitative estimate of drug-likeness (QED) is 0.564. The Kier molecular flexibility index (Phi) is 7.09. The van der Waals surface area contributed by atoms with Crippen molar-refractivity contribution in [2.45, 2.75) is 6.54 Å². The normalized spacial score (nSPS) is 8.14. The van der Waals surface area contributed by atoms with Gasteiger partial charge in [0.15, 0.2) is 0 Å². The minimum Gasteiger partial charge on any atom is -0.388 e. The molecule has 0 fully saturated rings. The Balaban J connectivity index is 0.000000364. The highest BCUT2D eigenvalue weighted by Crippen LogP contribution is 2.06. The highest BCUT2D eigenvalue weighted by molar-refractivity contribution is 5.63. The molecular weight excluding hydrogens is 176 g/mol. The van der Waals surface area contributed by atoms with Crippen molar-refractivity contribution < 1.29 is 4.79 Å². The summed E-state index contributed by atoms with van der Waals surface area (Å²) in [6, 6.07) is 8.07. The standard InChI is InChI=1S/C8H12N2.C3H4O/c1-10-8-4-2-7(6-9)3-5-8;1-2-3-4/h2-5,10H,6,9H2,1H3;2-3H,1H2. The van der Waals surface area contributed by atoms with Gasteiger partial charge in [-0.15, -0.1) is 0 Å². The van der Waals surface area contributed by atoms with E-state index in [1.54, 1.807) is 0 Å². The number of aldehydes is 1. The van der Waals surface area contributed by atoms with Crippen LogP contribution in [-0.2, 0) is 11.3 Å². The summed E-state index contributed by atoms with van der Waals surface area (Å²) in [4.78, 5) is 9.06. The lowest BCUT2D eigenvalue weighted by Gasteiger charge is -1.99. The van der Waals surface area contributed by atoms with E-state index < -0.39 is 0 Å². The maximum atomic E-state index is 9.06. The van der Waals surface area contributed by atoms with E-state index in [0.717, 1.165) is 5.69 Å². The lowest BCUT2D eigenvalue weighted by Crippen LogP contribution is -1.96. The van der Waals surface area contributed by atoms with Crippen LogP contribution in [0.25, 0.3) is 0 Å². The van der Waals surface area contributed by atoms with Crippen molar-refractivity contribution in [3.05, 3.63) is 42.5 Å². The molecule has 0 radical (unpaired) electrons. The smallest absolute Gasteiger partial charge is 0.142 e. The zero-order chi connectivity index (χ0) is 10.8. The molecule has 1 rings (SSSR count). The van der Waals surface area contributed by atoms with Gasteiger partial charge in [0.05, 0.1) is 0 Å². The second-order valence-electron chi connectivity index (χ2n) is 2.52. The van der Waals surface area contributed by atoms with Gasteiger partial charge in [-0.2, -0.15) is 0 Å². The molecule has 0 saturated heterocycles. The van der Waals surface area contributed by atoms with Gasteiger partial charge in [-0.3, -0.25) is 4.79 Å². The maximum absolute atomic E-state index is 9.06. The van der Waals surface area contributed by atoms with E-state index in [4.69, 9.17) is 10.5 Å². The van der Waals surface area contributed by atoms with E-state index in [1.807, 2.05) is 31.3 Å². The second-order valence-corrected chi connectivity index (χ2v) is 2.52. The van der Waals surface area contributed by atoms with Gasteiger partial charge in [0.2, 0.25) is 0 Å². The molecule has 0 aromatic heterocycles. The predicted octanol–water partition coefficient (Wildman–Crippen LogP) is 1.56. The number of nitrogens with one attached hydrogen (secondary N) is 1. The van der Waals surface area contributed by atoms with Gasteiger partial charge < -0.3 is 11.1 Å². The fraction of sp³-hybridized carbons (Fsp3) is 0.182. The number of allylic oxidation sites excluding steroid dienone is 1. The molecule has 0 aliphatic rings. The Morgan fingerprint density at radius 2 is 1.93 bits per heavy atom. The zero-order valence-electron chi connectivity index (χ0n) is 8.36. The van der Waals surface area contributed by atoms with Crippen molar-refractivity contribution in [2.75, 3.05) is 12.4 Å². The summed E-state index contributed by atoms with van der Waals surface area (Å²) in [5.74, 6) is 0. The van der Waals surface area contributed by atoms with E-state index in [2.05, 4.69) is 11.9 Å². The largest absolute Gasteiger partial charge is 0.388 e. The number of carbonyl (C=O) groups is 1. The maximum Gasteiger partial charge on any atom is 0.142 e. The molecule has 3 N–H and O–H groups in total. The van der Waals surface area contributed by atoms with Crippen molar-refractivity contribution in [1.29, 1.82) is 0 Å². The molecule has 0 unspecified atom stereocenters. The summed E-state index contributed by atoms with van der Waals surface area (Å²) in [5.41, 5.74) is 7.71. The topological polar surface area (TPSA) is 55.1 Å². The van der Waals surface area contributed by atoms with Gasteiger partial charge in [0.1, 0.15) is 6.29 Å². The number of anilines is 1. The molecule has 0 aliphatic carbocycles. The summed E-state index contributed by atoms with van der Waals surface area (Å²) >= 11 is 0. The zero-order valence-corrected chi connectivity index (χ0v) is 8.36. The van der Waals surface area contributed by atoms with Crippen molar-refractivity contribution in [1.82, 2.24) is 0 Å². The summed E-state index contributed by atoms with van der Waals surface area (Å²) in [6.45, 7) is 3.73. The van der Waals surface area contributed by atoms with E-state index in [9.17, 15) is 0 Å². The lowest BCUT2D eigenvalue weighted by molar-refractivity contribution is -0.104. The molecule has 76 valence electrons. The Bertz CT molecular complexity index is 238. The van der Waals surface area contributed by atoms with Gasteiger partial charge in [-0.1, -0.05) is 18.7 Å². The third-order valence-electron chi connectivity index (χ3n) is 1.57. The third kappa shape index (κ3) is 5.11. The van der Waals surface area contributed by atoms with Crippen molar-refractivity contribution >= 4 is 12.0 Å². The summed E-state index contributed by atoms with van der Waals surface area (Å²) in [6.07, 6.45) is 1.83. The highest BCUT2D eigenvalue weighted by Gasteiger charge is 1.87. The first kappa shape index (κ1) is 12.4. The predicted molar refractivity (Wildman–Crippen MR) is 60.1 cm³/mol. The van der Waals surface area contributed by atoms with Crippen molar-refractivity contribution in [3.8, 4) is 0 Å². The molecule has 14 heavy (non-hydrogen) atoms. The van der Waals surface area contributed by atoms with Crippen LogP contribution >= 0.6 is 0 Å². The average Bonchev–Trinajstić information content (AvgIpc) is 2.29. The van der Waals surface area contributed by atoms with Crippen LogP contribution in [0.1, 0.15) is 5.56 Å². The van der Waals surface area contributed by atoms with Crippen LogP contribution in [-0.4, -0.2) is 13.3 Å². The molecule has 1 aromatic carbocycles. The van der Waals surface area contributed by atoms with E-state index in [1.165, 1.54) is 11.6 Å². The monoisotopic (exact) mass is 192 g/mol. The fourth-order valence-electron chi connectivity index (χ4n) is 0.807. The molecular formula is C11H16N2O. The van der Waals surface area contributed by atoms with Gasteiger partial charge >= 0.3 is 0 Å². The number of carbonyl (C=O) groups excluding carboxylic acids is 1. The lowest BCUT2D eigenvalue weighted by atomic mass is 10.2. The number of benzene rings is 1. The molecule has 3 heteroatoms. The Hall–Kier alpha value is -1.61. The highest BCUT2D eigenvalue weighted by atomic mass is 16.1. The van der Waals surface area contributed by atoms with Gasteiger partial charge in [0, 0.05) is 19.3 Å². The van der Waals surface area contributed by atoms with E-state index in [-0.39, 0.29) is 0 Å². The number of nitrogens with two attached hydrogens (primary N) is 1. The minimum absolute atomic E-state index is 0.615. The average molecular weight is 192 g/mol. The minimum atomic E-state index is 0.615. The van der Waals surface area contributed by atoms with Crippen LogP contribution in [0.5, 0.6) is 0 Å². The van der Waals surface area contributed by atoms with Crippen LogP contribution in [0, 0.1) is 0 Å². The van der Waals surface area contributed by atoms with Crippen LogP contribution < -0.4 is 11.1 Å². The molecule has 0 aliphatic heterocycles. The molecule has 0 spiro atoms. The van der Waals surface area contributed by atoms with Crippen molar-refractivity contribution in [2.24, 2.45) is 5.73 Å². The Labute approximate surface area is 84.6 Å². The molecule has 0 amide bonds. The van der Waals surface area contributed by atoms with Gasteiger partial charge in [0.25, 0.3) is 0 Å². The number of hydrogen-bond donors (Lipinski definition) is 2. The SMILES string of the molecule is C=CC=O.CNc1ccc(CN)cc1. The number of rotatable bonds is 3. The van der Waals surface area contributed by atoms with Crippen molar-refractivity contribution in [3.63, 3.8) is 0 Å². The molecule has 0 saturated carbocycles. The molecule has 0 bridgehead atoms. The third-order valence-corrected chi connectivity index (χ3v) is 1.57. The van der Waals surface area contributed by atoms with Crippen LogP contribution in [0.15, 0.2) is 36.9 Å². The van der Waals surface area contributed by atoms with Crippen LogP contribution in [0.2, 0.25) is 0 Å². The molecule has 0 atom stereocenters. The fourth-order valence-corrected chi connectivity index (χ4v) is 0.807. The van der Waals surface area contributed by atoms with Gasteiger partial charge in [-0.05, 0) is 23.8 Å².